The van der Waals surface area contributed by atoms with E-state index in [0.29, 0.717) is 6.42 Å². The predicted octanol–water partition coefficient (Wildman–Crippen LogP) is 0.972. The highest BCUT2D eigenvalue weighted by atomic mass is 16.2. The van der Waals surface area contributed by atoms with Crippen molar-refractivity contribution >= 4 is 11.7 Å². The highest BCUT2D eigenvalue weighted by Crippen LogP contribution is 2.37. The second-order valence-electron chi connectivity index (χ2n) is 4.48. The Hall–Kier alpha value is -1.37. The molecule has 1 aliphatic heterocycles. The van der Waals surface area contributed by atoms with Crippen molar-refractivity contribution in [3.05, 3.63) is 0 Å². The van der Waals surface area contributed by atoms with Gasteiger partial charge in [0.2, 0.25) is 5.91 Å². The minimum Gasteiger partial charge on any atom is -0.327 e. The molecule has 0 aromatic rings. The van der Waals surface area contributed by atoms with Crippen molar-refractivity contribution in [1.29, 1.82) is 5.26 Å². The summed E-state index contributed by atoms with van der Waals surface area (Å²) in [5, 5.41) is 9.18. The molecule has 1 aliphatic rings. The SMILES string of the molecule is CC(=O)C1C(C)CC(=O)N(C)C1(C)C#N. The zero-order valence-electron chi connectivity index (χ0n) is 9.57. The number of nitrogens with zero attached hydrogens (tertiary/aromatic N) is 2. The van der Waals surface area contributed by atoms with Crippen LogP contribution in [0.2, 0.25) is 0 Å². The fraction of sp³-hybridized carbons (Fsp3) is 0.727. The summed E-state index contributed by atoms with van der Waals surface area (Å²) < 4.78 is 0. The quantitative estimate of drug-likeness (QED) is 0.645. The molecule has 0 aromatic heterocycles. The first kappa shape index (κ1) is 11.7. The third-order valence-corrected chi connectivity index (χ3v) is 3.41. The van der Waals surface area contributed by atoms with Crippen LogP contribution in [0.3, 0.4) is 0 Å². The van der Waals surface area contributed by atoms with Crippen LogP contribution in [-0.4, -0.2) is 29.2 Å². The van der Waals surface area contributed by atoms with Crippen LogP contribution in [0.5, 0.6) is 0 Å². The van der Waals surface area contributed by atoms with Crippen molar-refractivity contribution in [2.24, 2.45) is 11.8 Å². The van der Waals surface area contributed by atoms with E-state index in [1.807, 2.05) is 6.92 Å². The van der Waals surface area contributed by atoms with Gasteiger partial charge in [-0.05, 0) is 19.8 Å². The molecule has 4 nitrogen and oxygen atoms in total. The molecule has 0 radical (unpaired) electrons. The Labute approximate surface area is 89.9 Å². The molecule has 3 atom stereocenters. The van der Waals surface area contributed by atoms with Gasteiger partial charge in [-0.15, -0.1) is 0 Å². The number of likely N-dealkylation sites (tertiary alicyclic amines) is 1. The van der Waals surface area contributed by atoms with Crippen LogP contribution in [0.1, 0.15) is 27.2 Å². The van der Waals surface area contributed by atoms with Gasteiger partial charge in [-0.25, -0.2) is 0 Å². The van der Waals surface area contributed by atoms with Crippen LogP contribution in [0.25, 0.3) is 0 Å². The lowest BCUT2D eigenvalue weighted by Gasteiger charge is -2.45. The largest absolute Gasteiger partial charge is 0.327 e. The summed E-state index contributed by atoms with van der Waals surface area (Å²) in [6, 6.07) is 2.11. The van der Waals surface area contributed by atoms with E-state index in [1.54, 1.807) is 14.0 Å². The number of rotatable bonds is 1. The lowest BCUT2D eigenvalue weighted by Crippen LogP contribution is -2.59. The topological polar surface area (TPSA) is 61.2 Å². The molecule has 1 fully saturated rings. The van der Waals surface area contributed by atoms with E-state index in [1.165, 1.54) is 11.8 Å². The maximum Gasteiger partial charge on any atom is 0.223 e. The molecule has 0 spiro atoms. The van der Waals surface area contributed by atoms with Gasteiger partial charge in [0.05, 0.1) is 12.0 Å². The minimum atomic E-state index is -0.999. The van der Waals surface area contributed by atoms with E-state index in [0.717, 1.165) is 0 Å². The van der Waals surface area contributed by atoms with E-state index in [-0.39, 0.29) is 23.5 Å². The number of Topliss-reactive ketones (excluding diaryl/α,β-unsaturated/α-hetero) is 1. The van der Waals surface area contributed by atoms with Gasteiger partial charge in [0, 0.05) is 13.5 Å². The van der Waals surface area contributed by atoms with Crippen LogP contribution >= 0.6 is 0 Å². The second kappa shape index (κ2) is 3.65. The molecule has 1 rings (SSSR count). The van der Waals surface area contributed by atoms with Crippen LogP contribution in [0.4, 0.5) is 0 Å². The number of ketones is 1. The number of hydrogen-bond donors (Lipinski definition) is 0. The van der Waals surface area contributed by atoms with Crippen LogP contribution in [-0.2, 0) is 9.59 Å². The second-order valence-corrected chi connectivity index (χ2v) is 4.48. The molecule has 1 saturated heterocycles. The molecule has 82 valence electrons. The Morgan fingerprint density at radius 3 is 2.60 bits per heavy atom. The number of amides is 1. The molecule has 0 aromatic carbocycles. The van der Waals surface area contributed by atoms with Crippen LogP contribution < -0.4 is 0 Å². The molecule has 3 unspecified atom stereocenters. The first-order valence-electron chi connectivity index (χ1n) is 5.03. The summed E-state index contributed by atoms with van der Waals surface area (Å²) in [4.78, 5) is 24.6. The fourth-order valence-corrected chi connectivity index (χ4v) is 2.49. The molecular weight excluding hydrogens is 192 g/mol. The zero-order valence-corrected chi connectivity index (χ0v) is 9.57. The van der Waals surface area contributed by atoms with Crippen LogP contribution in [0, 0.1) is 23.2 Å². The van der Waals surface area contributed by atoms with E-state index in [4.69, 9.17) is 0 Å². The molecule has 15 heavy (non-hydrogen) atoms. The lowest BCUT2D eigenvalue weighted by molar-refractivity contribution is -0.146. The maximum absolute atomic E-state index is 11.6. The highest BCUT2D eigenvalue weighted by Gasteiger charge is 2.50. The number of piperidine rings is 1. The third-order valence-electron chi connectivity index (χ3n) is 3.41. The summed E-state index contributed by atoms with van der Waals surface area (Å²) in [5.74, 6) is -0.531. The summed E-state index contributed by atoms with van der Waals surface area (Å²) in [7, 11) is 1.59. The van der Waals surface area contributed by atoms with Gasteiger partial charge in [-0.2, -0.15) is 5.26 Å². The highest BCUT2D eigenvalue weighted by molar-refractivity contribution is 5.86. The molecule has 0 saturated carbocycles. The van der Waals surface area contributed by atoms with Crippen molar-refractivity contribution in [2.45, 2.75) is 32.7 Å². The van der Waals surface area contributed by atoms with E-state index >= 15 is 0 Å². The van der Waals surface area contributed by atoms with E-state index < -0.39 is 5.54 Å². The third kappa shape index (κ3) is 1.63. The van der Waals surface area contributed by atoms with Gasteiger partial charge in [0.15, 0.2) is 0 Å². The first-order chi connectivity index (χ1) is 6.84. The molecule has 1 amide bonds. The number of hydrogen-bond acceptors (Lipinski definition) is 3. The van der Waals surface area contributed by atoms with Gasteiger partial charge in [-0.3, -0.25) is 9.59 Å². The first-order valence-corrected chi connectivity index (χ1v) is 5.03. The van der Waals surface area contributed by atoms with Crippen molar-refractivity contribution in [1.82, 2.24) is 4.90 Å². The number of carbonyl (C=O) groups excluding carboxylic acids is 2. The normalized spacial score (nSPS) is 36.2. The van der Waals surface area contributed by atoms with E-state index in [9.17, 15) is 14.9 Å². The monoisotopic (exact) mass is 208 g/mol. The Morgan fingerprint density at radius 1 is 1.67 bits per heavy atom. The lowest BCUT2D eigenvalue weighted by atomic mass is 9.70. The Kier molecular flexibility index (Phi) is 2.85. The van der Waals surface area contributed by atoms with Crippen molar-refractivity contribution in [2.75, 3.05) is 7.05 Å². The molecule has 4 heteroatoms. The minimum absolute atomic E-state index is 0.0223. The Balaban J connectivity index is 3.19. The summed E-state index contributed by atoms with van der Waals surface area (Å²) in [6.07, 6.45) is 0.345. The number of nitriles is 1. The van der Waals surface area contributed by atoms with Crippen LogP contribution in [0.15, 0.2) is 0 Å². The molecule has 0 N–H and O–H groups in total. The maximum atomic E-state index is 11.6. The predicted molar refractivity (Wildman–Crippen MR) is 54.7 cm³/mol. The average Bonchev–Trinajstić information content (AvgIpc) is 2.13. The standard InChI is InChI=1S/C11H16N2O2/c1-7-5-9(15)13(4)11(3,6-12)10(7)8(2)14/h7,10H,5H2,1-4H3. The molecule has 1 heterocycles. The summed E-state index contributed by atoms with van der Waals surface area (Å²) in [6.45, 7) is 5.00. The van der Waals surface area contributed by atoms with E-state index in [2.05, 4.69) is 6.07 Å². The fourth-order valence-electron chi connectivity index (χ4n) is 2.49. The molecule has 0 bridgehead atoms. The van der Waals surface area contributed by atoms with Crippen molar-refractivity contribution in [3.8, 4) is 6.07 Å². The van der Waals surface area contributed by atoms with Crippen molar-refractivity contribution < 1.29 is 9.59 Å². The molecular formula is C11H16N2O2. The van der Waals surface area contributed by atoms with Gasteiger partial charge in [0.1, 0.15) is 11.3 Å². The zero-order chi connectivity index (χ0) is 11.8. The van der Waals surface area contributed by atoms with Gasteiger partial charge < -0.3 is 4.90 Å². The smallest absolute Gasteiger partial charge is 0.223 e. The Morgan fingerprint density at radius 2 is 2.20 bits per heavy atom. The number of carbonyl (C=O) groups is 2. The van der Waals surface area contributed by atoms with Gasteiger partial charge in [-0.1, -0.05) is 6.92 Å². The molecule has 0 aliphatic carbocycles. The Bertz CT molecular complexity index is 345. The van der Waals surface area contributed by atoms with Gasteiger partial charge >= 0.3 is 0 Å². The summed E-state index contributed by atoms with van der Waals surface area (Å²) >= 11 is 0. The average molecular weight is 208 g/mol. The van der Waals surface area contributed by atoms with Crippen molar-refractivity contribution in [3.63, 3.8) is 0 Å². The van der Waals surface area contributed by atoms with Gasteiger partial charge in [0.25, 0.3) is 0 Å². The summed E-state index contributed by atoms with van der Waals surface area (Å²) in [5.41, 5.74) is -0.999.